The van der Waals surface area contributed by atoms with Crippen LogP contribution in [0.4, 0.5) is 0 Å². The number of hydrogen-bond acceptors (Lipinski definition) is 14. The van der Waals surface area contributed by atoms with Crippen molar-refractivity contribution in [2.45, 2.75) is 97.2 Å². The van der Waals surface area contributed by atoms with Gasteiger partial charge in [-0.1, -0.05) is 53.5 Å². The quantitative estimate of drug-likeness (QED) is 0.217. The number of nitrogens with two attached hydrogens (primary N) is 1. The molecule has 0 saturated carbocycles. The number of benzene rings is 1. The lowest BCUT2D eigenvalue weighted by Crippen LogP contribution is -2.46. The molecule has 1 aromatic carbocycles. The average Bonchev–Trinajstić information content (AvgIpc) is 4.20. The van der Waals surface area contributed by atoms with Crippen LogP contribution >= 0.6 is 91.0 Å². The van der Waals surface area contributed by atoms with Gasteiger partial charge >= 0.3 is 0 Å². The highest BCUT2D eigenvalue weighted by molar-refractivity contribution is 14.1. The molecular weight excluding hydrogens is 1230 g/mol. The molecule has 5 N–H and O–H groups in total. The fourth-order valence-electron chi connectivity index (χ4n) is 8.22. The molecule has 0 radical (unpaired) electrons. The Morgan fingerprint density at radius 3 is 1.63 bits per heavy atom. The highest BCUT2D eigenvalue weighted by Gasteiger charge is 2.42. The van der Waals surface area contributed by atoms with Crippen molar-refractivity contribution in [1.29, 1.82) is 0 Å². The third kappa shape index (κ3) is 13.7. The number of aliphatic imine (C=N–C) groups is 8. The van der Waals surface area contributed by atoms with Crippen LogP contribution in [0, 0.1) is 23.7 Å². The fraction of sp³-hybridized carbons (Fsp3) is 0.522. The number of rotatable bonds is 4. The van der Waals surface area contributed by atoms with E-state index in [1.54, 1.807) is 19.0 Å². The first-order valence-electron chi connectivity index (χ1n) is 22.4. The summed E-state index contributed by atoms with van der Waals surface area (Å²) >= 11 is 18.9. The van der Waals surface area contributed by atoms with E-state index in [1.165, 1.54) is 48.1 Å². The van der Waals surface area contributed by atoms with Gasteiger partial charge in [0.05, 0.1) is 36.3 Å². The van der Waals surface area contributed by atoms with E-state index in [9.17, 15) is 0 Å². The maximum atomic E-state index is 6.07. The van der Waals surface area contributed by atoms with Crippen molar-refractivity contribution in [2.24, 2.45) is 69.3 Å². The molecule has 0 aromatic heterocycles. The normalized spacial score (nSPS) is 29.0. The predicted octanol–water partition coefficient (Wildman–Crippen LogP) is 8.41. The van der Waals surface area contributed by atoms with Crippen LogP contribution < -0.4 is 21.7 Å². The Kier molecular flexibility index (Phi) is 22.0. The Balaban J connectivity index is 0.000000162. The smallest absolute Gasteiger partial charge is 0.137 e. The van der Waals surface area contributed by atoms with Crippen molar-refractivity contribution >= 4 is 144 Å². The Labute approximate surface area is 447 Å². The monoisotopic (exact) mass is 1290 g/mol. The van der Waals surface area contributed by atoms with Crippen molar-refractivity contribution in [3.05, 3.63) is 71.4 Å². The highest BCUT2D eigenvalue weighted by atomic mass is 127. The van der Waals surface area contributed by atoms with Gasteiger partial charge in [-0.3, -0.25) is 9.98 Å². The van der Waals surface area contributed by atoms with Crippen molar-refractivity contribution in [1.82, 2.24) is 30.7 Å². The Hall–Kier alpha value is -2.97. The van der Waals surface area contributed by atoms with Crippen LogP contribution in [0.1, 0.15) is 59.9 Å². The second-order valence-electron chi connectivity index (χ2n) is 16.7. The molecule has 0 aliphatic carbocycles. The maximum Gasteiger partial charge on any atom is 0.137 e. The third-order valence-corrected chi connectivity index (χ3v) is 15.1. The largest absolute Gasteiger partial charge is 0.381 e. The Morgan fingerprint density at radius 1 is 0.642 bits per heavy atom. The van der Waals surface area contributed by atoms with Gasteiger partial charge in [-0.05, 0) is 140 Å². The maximum absolute atomic E-state index is 6.07. The van der Waals surface area contributed by atoms with Crippen LogP contribution in [0.25, 0.3) is 5.57 Å². The number of nitrogens with one attached hydrogen (secondary N) is 3. The minimum Gasteiger partial charge on any atom is -0.381 e. The van der Waals surface area contributed by atoms with Gasteiger partial charge in [0.25, 0.3) is 0 Å². The van der Waals surface area contributed by atoms with Crippen LogP contribution in [0.15, 0.2) is 106 Å². The first kappa shape index (κ1) is 55.0. The average molecular weight is 1290 g/mol. The zero-order valence-corrected chi connectivity index (χ0v) is 47.5. The molecule has 67 heavy (non-hydrogen) atoms. The molecule has 9 aliphatic rings. The first-order valence-corrected chi connectivity index (χ1v) is 26.4. The molecule has 0 amide bonds. The van der Waals surface area contributed by atoms with Gasteiger partial charge in [-0.25, -0.2) is 30.0 Å². The van der Waals surface area contributed by atoms with Gasteiger partial charge < -0.3 is 41.1 Å². The third-order valence-electron chi connectivity index (χ3n) is 11.6. The minimum absolute atomic E-state index is 0.0758. The summed E-state index contributed by atoms with van der Waals surface area (Å²) < 4.78 is 8.63. The summed E-state index contributed by atoms with van der Waals surface area (Å²) in [4.78, 5) is 41.1. The van der Waals surface area contributed by atoms with Crippen molar-refractivity contribution in [3.63, 3.8) is 0 Å². The van der Waals surface area contributed by atoms with Crippen LogP contribution in [0.5, 0.6) is 0 Å². The van der Waals surface area contributed by atoms with E-state index in [-0.39, 0.29) is 42.4 Å². The molecular formula is C46H64Cl2I3N15O. The molecule has 1 aromatic rings. The van der Waals surface area contributed by atoms with E-state index in [2.05, 4.69) is 229 Å². The molecule has 1 saturated heterocycles. The van der Waals surface area contributed by atoms with Crippen LogP contribution in [-0.4, -0.2) is 139 Å². The molecule has 8 atom stereocenters. The summed E-state index contributed by atoms with van der Waals surface area (Å²) in [6.45, 7) is 15.1. The van der Waals surface area contributed by atoms with Crippen LogP contribution in [-0.2, 0) is 4.74 Å². The lowest BCUT2D eigenvalue weighted by molar-refractivity contribution is 0.198. The van der Waals surface area contributed by atoms with Gasteiger partial charge in [-0.15, -0.1) is 0 Å². The summed E-state index contributed by atoms with van der Waals surface area (Å²) in [5.41, 5.74) is 7.03. The second kappa shape index (κ2) is 26.9. The molecule has 1 fully saturated rings. The van der Waals surface area contributed by atoms with Gasteiger partial charge in [0.2, 0.25) is 0 Å². The van der Waals surface area contributed by atoms with Gasteiger partial charge in [-0.2, -0.15) is 0 Å². The number of fused-ring (bicyclic) bond motifs is 4. The summed E-state index contributed by atoms with van der Waals surface area (Å²) in [6.07, 6.45) is 18.1. The highest BCUT2D eigenvalue weighted by Crippen LogP contribution is 2.40. The number of halogens is 5. The molecule has 8 unspecified atom stereocenters. The first-order chi connectivity index (χ1) is 32.3. The standard InChI is InChI=1S/C16H20N4.C10H15IN4.C9H11ClIN3.C6H5ClIN3.C4H8O.CH5N/c1-11(2)20-9-13(12-7-5-4-6-8-12)14-15(17-3)18-10-19-16(14)20;1-6(2)15-4-7(11)8-9(12-3)13-5-14-10(8)15;1-5(2)14-3-6(11)7-8(10)12-4-13-9(7)14;7-5-4-3(8)1-9-6(4)11-2-10-5;1-2-4-5-3-1;1-2/h4-11,14,16H,1-3H3,(H,17,18,19);4-6,8,10H,1-3H3,(H,12,13,14);3-5,7,9H,1-2H3;1-2,4,6,9H;1-4H2;2H2,1H3. The lowest BCUT2D eigenvalue weighted by Gasteiger charge is -2.32. The number of ether oxygens (including phenoxy) is 1. The molecule has 21 heteroatoms. The summed E-state index contributed by atoms with van der Waals surface area (Å²) in [6, 6.07) is 11.8. The second-order valence-corrected chi connectivity index (χ2v) is 21.2. The van der Waals surface area contributed by atoms with Gasteiger partial charge in [0, 0.05) is 81.0 Å². The van der Waals surface area contributed by atoms with Crippen LogP contribution in [0.3, 0.4) is 0 Å². The SMILES string of the molecule is C1CCOC1.CC(C)N1C=C(I)C2C(Cl)=NC=NC21.CN.CN=C1NC=NC2C1C(I)=CN2C(C)C.CN=C1NC=NC2C1C(c1ccccc1)=CN2C(C)C.ClC1=NC=NC2NC=C(I)C12. The van der Waals surface area contributed by atoms with Gasteiger partial charge in [0.1, 0.15) is 59.4 Å². The van der Waals surface area contributed by atoms with Crippen LogP contribution in [0.2, 0.25) is 0 Å². The molecule has 364 valence electrons. The minimum atomic E-state index is 0.0758. The topological polar surface area (TPSA) is 180 Å². The summed E-state index contributed by atoms with van der Waals surface area (Å²) in [7, 11) is 5.15. The summed E-state index contributed by atoms with van der Waals surface area (Å²) in [5, 5.41) is 10.7. The zero-order chi connectivity index (χ0) is 48.8. The number of hydrogen-bond donors (Lipinski definition) is 4. The van der Waals surface area contributed by atoms with E-state index in [0.29, 0.717) is 34.4 Å². The Morgan fingerprint density at radius 2 is 1.12 bits per heavy atom. The summed E-state index contributed by atoms with van der Waals surface area (Å²) in [5.74, 6) is 2.80. The molecule has 9 heterocycles. The Bertz CT molecular complexity index is 2190. The zero-order valence-electron chi connectivity index (χ0n) is 39.5. The van der Waals surface area contributed by atoms with Gasteiger partial charge in [0.15, 0.2) is 0 Å². The van der Waals surface area contributed by atoms with E-state index in [4.69, 9.17) is 27.9 Å². The van der Waals surface area contributed by atoms with E-state index in [0.717, 1.165) is 24.9 Å². The molecule has 16 nitrogen and oxygen atoms in total. The molecule has 9 aliphatic heterocycles. The number of amidine groups is 2. The van der Waals surface area contributed by atoms with E-state index < -0.39 is 0 Å². The number of nitrogens with zero attached hydrogens (tertiary/aromatic N) is 11. The lowest BCUT2D eigenvalue weighted by atomic mass is 9.91. The molecule has 0 bridgehead atoms. The van der Waals surface area contributed by atoms with Crippen molar-refractivity contribution < 1.29 is 4.74 Å². The predicted molar refractivity (Wildman–Crippen MR) is 308 cm³/mol. The fourth-order valence-corrected chi connectivity index (χ4v) is 11.8. The molecule has 10 rings (SSSR count). The van der Waals surface area contributed by atoms with E-state index >= 15 is 0 Å². The molecule has 0 spiro atoms. The van der Waals surface area contributed by atoms with E-state index in [1.807, 2.05) is 26.4 Å². The van der Waals surface area contributed by atoms with Crippen molar-refractivity contribution in [2.75, 3.05) is 34.4 Å². The van der Waals surface area contributed by atoms with Crippen molar-refractivity contribution in [3.8, 4) is 0 Å².